The van der Waals surface area contributed by atoms with Crippen LogP contribution in [-0.2, 0) is 0 Å². The van der Waals surface area contributed by atoms with Gasteiger partial charge in [0.25, 0.3) is 0 Å². The second-order valence-corrected chi connectivity index (χ2v) is 1.20. The third-order valence-electron chi connectivity index (χ3n) is 0.577. The quantitative estimate of drug-likeness (QED) is 0.422. The summed E-state index contributed by atoms with van der Waals surface area (Å²) in [5.74, 6) is 0. The molecule has 0 aliphatic carbocycles. The maximum absolute atomic E-state index is 8.15. The number of halogens is 1. The second-order valence-electron chi connectivity index (χ2n) is 1.20. The van der Waals surface area contributed by atoms with E-state index in [0.717, 1.165) is 0 Å². The van der Waals surface area contributed by atoms with Gasteiger partial charge in [-0.3, -0.25) is 0 Å². The summed E-state index contributed by atoms with van der Waals surface area (Å²) in [7, 11) is 0. The molecule has 0 heterocycles. The molecule has 0 saturated heterocycles. The van der Waals surface area contributed by atoms with E-state index in [-0.39, 0.29) is 31.1 Å². The minimum atomic E-state index is 0. The van der Waals surface area contributed by atoms with Gasteiger partial charge in [0.15, 0.2) is 0 Å². The number of aliphatic hydroxyl groups is 2. The van der Waals surface area contributed by atoms with Crippen LogP contribution in [0.25, 0.3) is 0 Å². The van der Waals surface area contributed by atoms with E-state index in [9.17, 15) is 0 Å². The van der Waals surface area contributed by atoms with Crippen molar-refractivity contribution in [1.29, 1.82) is 0 Å². The fraction of sp³-hybridized carbons (Fsp3) is 1.00. The SMILES string of the molecule is Cl.O.OCCNCCO. The van der Waals surface area contributed by atoms with E-state index in [0.29, 0.717) is 13.1 Å². The van der Waals surface area contributed by atoms with Crippen molar-refractivity contribution in [2.24, 2.45) is 0 Å². The fourth-order valence-corrected chi connectivity index (χ4v) is 0.283. The maximum atomic E-state index is 8.15. The van der Waals surface area contributed by atoms with Crippen LogP contribution in [0.4, 0.5) is 0 Å². The van der Waals surface area contributed by atoms with Crippen molar-refractivity contribution in [2.75, 3.05) is 26.3 Å². The Morgan fingerprint density at radius 1 is 1.00 bits per heavy atom. The summed E-state index contributed by atoms with van der Waals surface area (Å²) in [5, 5.41) is 19.1. The highest BCUT2D eigenvalue weighted by molar-refractivity contribution is 5.85. The van der Waals surface area contributed by atoms with Crippen molar-refractivity contribution in [2.45, 2.75) is 0 Å². The lowest BCUT2D eigenvalue weighted by Gasteiger charge is -1.94. The van der Waals surface area contributed by atoms with E-state index in [4.69, 9.17) is 10.2 Å². The van der Waals surface area contributed by atoms with Crippen molar-refractivity contribution in [3.8, 4) is 0 Å². The van der Waals surface area contributed by atoms with E-state index < -0.39 is 0 Å². The molecule has 0 unspecified atom stereocenters. The molecule has 0 aliphatic heterocycles. The molecule has 0 aromatic rings. The molecule has 0 radical (unpaired) electrons. The fourth-order valence-electron chi connectivity index (χ4n) is 0.283. The number of nitrogens with one attached hydrogen (secondary N) is 1. The number of hydrogen-bond donors (Lipinski definition) is 3. The molecule has 0 aromatic heterocycles. The normalized spacial score (nSPS) is 7.33. The Morgan fingerprint density at radius 2 is 1.33 bits per heavy atom. The molecule has 0 fully saturated rings. The Bertz CT molecular complexity index is 35.0. The molecule has 0 amide bonds. The average molecular weight is 160 g/mol. The second kappa shape index (κ2) is 15.7. The molecule has 0 saturated carbocycles. The van der Waals surface area contributed by atoms with Crippen LogP contribution in [0.2, 0.25) is 0 Å². The van der Waals surface area contributed by atoms with Crippen molar-refractivity contribution in [3.05, 3.63) is 0 Å². The highest BCUT2D eigenvalue weighted by atomic mass is 35.5. The summed E-state index contributed by atoms with van der Waals surface area (Å²) in [5.41, 5.74) is 0. The summed E-state index contributed by atoms with van der Waals surface area (Å²) in [6, 6.07) is 0. The zero-order valence-electron chi connectivity index (χ0n) is 5.13. The number of aliphatic hydroxyl groups excluding tert-OH is 2. The van der Waals surface area contributed by atoms with E-state index in [2.05, 4.69) is 5.32 Å². The first-order valence-corrected chi connectivity index (χ1v) is 2.34. The van der Waals surface area contributed by atoms with Gasteiger partial charge in [0.2, 0.25) is 0 Å². The van der Waals surface area contributed by atoms with E-state index in [1.54, 1.807) is 0 Å². The lowest BCUT2D eigenvalue weighted by Crippen LogP contribution is -2.21. The average Bonchev–Trinajstić information content (AvgIpc) is 1.69. The molecule has 0 aromatic carbocycles. The van der Waals surface area contributed by atoms with Crippen LogP contribution < -0.4 is 5.32 Å². The van der Waals surface area contributed by atoms with Gasteiger partial charge >= 0.3 is 0 Å². The first-order chi connectivity index (χ1) is 3.41. The molecule has 5 N–H and O–H groups in total. The summed E-state index contributed by atoms with van der Waals surface area (Å²) < 4.78 is 0. The minimum Gasteiger partial charge on any atom is -0.412 e. The van der Waals surface area contributed by atoms with Crippen LogP contribution in [-0.4, -0.2) is 42.0 Å². The summed E-state index contributed by atoms with van der Waals surface area (Å²) in [6.45, 7) is 1.42. The monoisotopic (exact) mass is 159 g/mol. The highest BCUT2D eigenvalue weighted by Crippen LogP contribution is 1.54. The standard InChI is InChI=1S/C4H11NO2.ClH.H2O/c6-3-1-5-2-4-7;;/h5-7H,1-4H2;1H;1H2. The Labute approximate surface area is 60.6 Å². The van der Waals surface area contributed by atoms with Crippen LogP contribution in [0.5, 0.6) is 0 Å². The van der Waals surface area contributed by atoms with Gasteiger partial charge in [-0.2, -0.15) is 0 Å². The third kappa shape index (κ3) is 17.9. The zero-order chi connectivity index (χ0) is 5.54. The smallest absolute Gasteiger partial charge is 0.0555 e. The highest BCUT2D eigenvalue weighted by Gasteiger charge is 1.78. The molecular weight excluding hydrogens is 146 g/mol. The third-order valence-corrected chi connectivity index (χ3v) is 0.577. The van der Waals surface area contributed by atoms with Crippen LogP contribution in [0.15, 0.2) is 0 Å². The lowest BCUT2D eigenvalue weighted by atomic mass is 10.6. The van der Waals surface area contributed by atoms with Gasteiger partial charge in [0, 0.05) is 13.1 Å². The van der Waals surface area contributed by atoms with Crippen molar-refractivity contribution >= 4 is 12.4 Å². The molecular formula is C4H14ClNO3. The van der Waals surface area contributed by atoms with Crippen molar-refractivity contribution in [1.82, 2.24) is 5.32 Å². The number of hydrogen-bond acceptors (Lipinski definition) is 3. The first-order valence-electron chi connectivity index (χ1n) is 2.34. The van der Waals surface area contributed by atoms with Crippen LogP contribution in [0, 0.1) is 0 Å². The molecule has 4 nitrogen and oxygen atoms in total. The predicted molar refractivity (Wildman–Crippen MR) is 37.9 cm³/mol. The van der Waals surface area contributed by atoms with Crippen LogP contribution in [0.3, 0.4) is 0 Å². The Balaban J connectivity index is -0.000000180. The van der Waals surface area contributed by atoms with Gasteiger partial charge in [-0.15, -0.1) is 12.4 Å². The molecule has 9 heavy (non-hydrogen) atoms. The summed E-state index contributed by atoms with van der Waals surface area (Å²) in [4.78, 5) is 0. The maximum Gasteiger partial charge on any atom is 0.0555 e. The van der Waals surface area contributed by atoms with Crippen LogP contribution >= 0.6 is 12.4 Å². The number of rotatable bonds is 4. The zero-order valence-corrected chi connectivity index (χ0v) is 5.95. The topological polar surface area (TPSA) is 84.0 Å². The molecule has 0 rings (SSSR count). The Morgan fingerprint density at radius 3 is 1.56 bits per heavy atom. The van der Waals surface area contributed by atoms with Gasteiger partial charge in [0.1, 0.15) is 0 Å². The Hall–Kier alpha value is 0.130. The van der Waals surface area contributed by atoms with E-state index >= 15 is 0 Å². The summed E-state index contributed by atoms with van der Waals surface area (Å²) >= 11 is 0. The van der Waals surface area contributed by atoms with E-state index in [1.165, 1.54) is 0 Å². The van der Waals surface area contributed by atoms with E-state index in [1.807, 2.05) is 0 Å². The molecule has 0 atom stereocenters. The predicted octanol–water partition coefficient (Wildman–Crippen LogP) is -1.84. The molecule has 0 spiro atoms. The minimum absolute atomic E-state index is 0. The van der Waals surface area contributed by atoms with Crippen molar-refractivity contribution < 1.29 is 15.7 Å². The van der Waals surface area contributed by atoms with Gasteiger partial charge in [-0.25, -0.2) is 0 Å². The lowest BCUT2D eigenvalue weighted by molar-refractivity contribution is 0.267. The van der Waals surface area contributed by atoms with Gasteiger partial charge in [-0.1, -0.05) is 0 Å². The first kappa shape index (κ1) is 16.1. The molecule has 0 bridgehead atoms. The summed E-state index contributed by atoms with van der Waals surface area (Å²) in [6.07, 6.45) is 0. The molecule has 5 heteroatoms. The van der Waals surface area contributed by atoms with Crippen molar-refractivity contribution in [3.63, 3.8) is 0 Å². The molecule has 60 valence electrons. The molecule has 0 aliphatic rings. The largest absolute Gasteiger partial charge is 0.412 e. The Kier molecular flexibility index (Phi) is 28.0. The van der Waals surface area contributed by atoms with Gasteiger partial charge in [-0.05, 0) is 0 Å². The van der Waals surface area contributed by atoms with Crippen LogP contribution in [0.1, 0.15) is 0 Å². The van der Waals surface area contributed by atoms with Gasteiger partial charge in [0.05, 0.1) is 13.2 Å². The van der Waals surface area contributed by atoms with Gasteiger partial charge < -0.3 is 21.0 Å².